The van der Waals surface area contributed by atoms with Crippen LogP contribution < -0.4 is 15.2 Å². The van der Waals surface area contributed by atoms with Crippen molar-refractivity contribution in [3.8, 4) is 5.75 Å². The molecule has 0 spiro atoms. The predicted octanol–water partition coefficient (Wildman–Crippen LogP) is 2.11. The highest BCUT2D eigenvalue weighted by Crippen LogP contribution is 2.27. The number of halogens is 1. The summed E-state index contributed by atoms with van der Waals surface area (Å²) in [4.78, 5) is 0.166. The smallest absolute Gasteiger partial charge is 0.240 e. The molecule has 0 aliphatic heterocycles. The lowest BCUT2D eigenvalue weighted by molar-refractivity contribution is 0.410. The van der Waals surface area contributed by atoms with Crippen LogP contribution in [0, 0.1) is 5.92 Å². The molecule has 1 atom stereocenters. The van der Waals surface area contributed by atoms with Crippen molar-refractivity contribution in [2.45, 2.75) is 31.2 Å². The van der Waals surface area contributed by atoms with Gasteiger partial charge in [-0.3, -0.25) is 0 Å². The van der Waals surface area contributed by atoms with E-state index in [2.05, 4.69) is 20.7 Å². The summed E-state index contributed by atoms with van der Waals surface area (Å²) in [5.74, 6) is 0.840. The van der Waals surface area contributed by atoms with E-state index in [1.54, 1.807) is 6.07 Å². The summed E-state index contributed by atoms with van der Waals surface area (Å²) in [5, 5.41) is 0. The van der Waals surface area contributed by atoms with Gasteiger partial charge in [0.1, 0.15) is 5.75 Å². The molecule has 0 amide bonds. The molecule has 0 aliphatic rings. The first-order valence-corrected chi connectivity index (χ1v) is 8.63. The fraction of sp³-hybridized carbons (Fsp3) is 0.538. The highest BCUT2D eigenvalue weighted by molar-refractivity contribution is 9.10. The number of hydrogen-bond acceptors (Lipinski definition) is 4. The lowest BCUT2D eigenvalue weighted by atomic mass is 10.1. The van der Waals surface area contributed by atoms with E-state index < -0.39 is 10.0 Å². The minimum absolute atomic E-state index is 0.166. The van der Waals surface area contributed by atoms with Crippen LogP contribution in [0.3, 0.4) is 0 Å². The number of ether oxygens (including phenoxy) is 1. The zero-order valence-corrected chi connectivity index (χ0v) is 14.3. The maximum atomic E-state index is 12.3. The molecular formula is C13H21BrN2O3S. The zero-order valence-electron chi connectivity index (χ0n) is 11.9. The Bertz CT molecular complexity index is 547. The summed E-state index contributed by atoms with van der Waals surface area (Å²) < 4.78 is 33.1. The second kappa shape index (κ2) is 7.40. The van der Waals surface area contributed by atoms with Crippen molar-refractivity contribution >= 4 is 26.0 Å². The Hall–Kier alpha value is -0.630. The van der Waals surface area contributed by atoms with Gasteiger partial charge < -0.3 is 10.5 Å². The Morgan fingerprint density at radius 2 is 2.05 bits per heavy atom. The summed E-state index contributed by atoms with van der Waals surface area (Å²) in [6.07, 6.45) is 0.698. The number of sulfonamides is 1. The minimum atomic E-state index is -3.60. The summed E-state index contributed by atoms with van der Waals surface area (Å²) in [6, 6.07) is 4.38. The number of benzene rings is 1. The van der Waals surface area contributed by atoms with Crippen LogP contribution in [0.4, 0.5) is 0 Å². The highest BCUT2D eigenvalue weighted by atomic mass is 79.9. The van der Waals surface area contributed by atoms with Crippen LogP contribution in [-0.2, 0) is 10.0 Å². The van der Waals surface area contributed by atoms with Crippen molar-refractivity contribution < 1.29 is 13.2 Å². The van der Waals surface area contributed by atoms with E-state index in [9.17, 15) is 8.42 Å². The molecule has 0 saturated carbocycles. The summed E-state index contributed by atoms with van der Waals surface area (Å²) in [7, 11) is -2.11. The number of nitrogens with one attached hydrogen (secondary N) is 1. The van der Waals surface area contributed by atoms with Crippen molar-refractivity contribution in [2.75, 3.05) is 13.7 Å². The van der Waals surface area contributed by atoms with Crippen LogP contribution in [0.25, 0.3) is 0 Å². The lowest BCUT2D eigenvalue weighted by Gasteiger charge is -2.19. The molecule has 0 heterocycles. The third-order valence-electron chi connectivity index (χ3n) is 2.80. The van der Waals surface area contributed by atoms with Gasteiger partial charge in [-0.2, -0.15) is 0 Å². The molecule has 1 rings (SSSR count). The quantitative estimate of drug-likeness (QED) is 0.776. The normalized spacial score (nSPS) is 13.5. The van der Waals surface area contributed by atoms with Crippen LogP contribution in [-0.4, -0.2) is 28.1 Å². The highest BCUT2D eigenvalue weighted by Gasteiger charge is 2.21. The molecule has 0 bridgehead atoms. The lowest BCUT2D eigenvalue weighted by Crippen LogP contribution is -2.40. The van der Waals surface area contributed by atoms with Gasteiger partial charge in [-0.05, 0) is 40.4 Å². The molecule has 20 heavy (non-hydrogen) atoms. The van der Waals surface area contributed by atoms with Crippen LogP contribution in [0.1, 0.15) is 20.3 Å². The number of hydrogen-bond donors (Lipinski definition) is 2. The fourth-order valence-corrected chi connectivity index (χ4v) is 3.54. The molecule has 0 fully saturated rings. The SMILES string of the molecule is COc1cc(S(=O)(=O)NC(CN)CC(C)C)ccc1Br. The minimum Gasteiger partial charge on any atom is -0.496 e. The molecule has 0 radical (unpaired) electrons. The topological polar surface area (TPSA) is 81.4 Å². The maximum absolute atomic E-state index is 12.3. The van der Waals surface area contributed by atoms with Gasteiger partial charge in [0, 0.05) is 18.7 Å². The summed E-state index contributed by atoms with van der Waals surface area (Å²) in [6.45, 7) is 4.32. The molecule has 3 N–H and O–H groups in total. The van der Waals surface area contributed by atoms with E-state index in [1.807, 2.05) is 13.8 Å². The third kappa shape index (κ3) is 4.73. The van der Waals surface area contributed by atoms with Gasteiger partial charge in [0.25, 0.3) is 0 Å². The first kappa shape index (κ1) is 17.4. The molecule has 0 aliphatic carbocycles. The van der Waals surface area contributed by atoms with Crippen molar-refractivity contribution in [1.29, 1.82) is 0 Å². The van der Waals surface area contributed by atoms with Gasteiger partial charge in [0.15, 0.2) is 0 Å². The Morgan fingerprint density at radius 3 is 2.55 bits per heavy atom. The van der Waals surface area contributed by atoms with Crippen molar-refractivity contribution in [3.63, 3.8) is 0 Å². The molecule has 0 saturated heterocycles. The molecule has 7 heteroatoms. The molecule has 1 aromatic carbocycles. The number of methoxy groups -OCH3 is 1. The number of rotatable bonds is 7. The van der Waals surface area contributed by atoms with Gasteiger partial charge >= 0.3 is 0 Å². The first-order chi connectivity index (χ1) is 9.30. The van der Waals surface area contributed by atoms with Crippen LogP contribution in [0.15, 0.2) is 27.6 Å². The molecule has 1 unspecified atom stereocenters. The summed E-state index contributed by atoms with van der Waals surface area (Å²) >= 11 is 3.29. The number of nitrogens with two attached hydrogens (primary N) is 1. The fourth-order valence-electron chi connectivity index (χ4n) is 1.86. The average Bonchev–Trinajstić information content (AvgIpc) is 2.37. The van der Waals surface area contributed by atoms with Crippen molar-refractivity contribution in [3.05, 3.63) is 22.7 Å². The van der Waals surface area contributed by atoms with E-state index in [4.69, 9.17) is 10.5 Å². The zero-order chi connectivity index (χ0) is 15.3. The van der Waals surface area contributed by atoms with Gasteiger partial charge in [0.05, 0.1) is 16.5 Å². The Kier molecular flexibility index (Phi) is 6.44. The largest absolute Gasteiger partial charge is 0.496 e. The standard InChI is InChI=1S/C13H21BrN2O3S/c1-9(2)6-10(8-15)16-20(17,18)11-4-5-12(14)13(7-11)19-3/h4-5,7,9-10,16H,6,8,15H2,1-3H3. The van der Waals surface area contributed by atoms with E-state index in [1.165, 1.54) is 19.2 Å². The molecule has 5 nitrogen and oxygen atoms in total. The van der Waals surface area contributed by atoms with Crippen LogP contribution >= 0.6 is 15.9 Å². The van der Waals surface area contributed by atoms with Gasteiger partial charge in [-0.25, -0.2) is 13.1 Å². The molecule has 114 valence electrons. The molecular weight excluding hydrogens is 344 g/mol. The summed E-state index contributed by atoms with van der Waals surface area (Å²) in [5.41, 5.74) is 5.63. The van der Waals surface area contributed by atoms with Crippen molar-refractivity contribution in [2.24, 2.45) is 11.7 Å². The van der Waals surface area contributed by atoms with E-state index in [0.717, 1.165) is 0 Å². The van der Waals surface area contributed by atoms with E-state index in [-0.39, 0.29) is 17.5 Å². The molecule has 0 aromatic heterocycles. The Balaban J connectivity index is 2.98. The maximum Gasteiger partial charge on any atom is 0.240 e. The van der Waals surface area contributed by atoms with Crippen LogP contribution in [0.5, 0.6) is 5.75 Å². The van der Waals surface area contributed by atoms with Gasteiger partial charge in [-0.1, -0.05) is 13.8 Å². The van der Waals surface area contributed by atoms with E-state index in [0.29, 0.717) is 22.6 Å². The Labute approximate surface area is 129 Å². The molecule has 1 aromatic rings. The van der Waals surface area contributed by atoms with Crippen molar-refractivity contribution in [1.82, 2.24) is 4.72 Å². The second-order valence-corrected chi connectivity index (χ2v) is 7.55. The van der Waals surface area contributed by atoms with Gasteiger partial charge in [0.2, 0.25) is 10.0 Å². The Morgan fingerprint density at radius 1 is 1.40 bits per heavy atom. The predicted molar refractivity (Wildman–Crippen MR) is 83.3 cm³/mol. The average molecular weight is 365 g/mol. The monoisotopic (exact) mass is 364 g/mol. The van der Waals surface area contributed by atoms with Crippen LogP contribution in [0.2, 0.25) is 0 Å². The van der Waals surface area contributed by atoms with Gasteiger partial charge in [-0.15, -0.1) is 0 Å². The third-order valence-corrected chi connectivity index (χ3v) is 4.97. The first-order valence-electron chi connectivity index (χ1n) is 6.36. The second-order valence-electron chi connectivity index (χ2n) is 4.98. The van der Waals surface area contributed by atoms with E-state index >= 15 is 0 Å².